The molecule has 0 bridgehead atoms. The first-order chi connectivity index (χ1) is 15.2. The first-order valence-electron chi connectivity index (χ1n) is 10.3. The second-order valence-electron chi connectivity index (χ2n) is 9.37. The largest absolute Gasteiger partial charge is 0.507 e. The van der Waals surface area contributed by atoms with Crippen molar-refractivity contribution in [3.8, 4) is 5.75 Å². The predicted molar refractivity (Wildman–Crippen MR) is 109 cm³/mol. The molecule has 33 heavy (non-hydrogen) atoms. The lowest BCUT2D eigenvalue weighted by molar-refractivity contribution is -0.210. The average Bonchev–Trinajstić information content (AvgIpc) is 2.70. The summed E-state index contributed by atoms with van der Waals surface area (Å²) in [5, 5.41) is 44.5. The van der Waals surface area contributed by atoms with Gasteiger partial charge in [-0.3, -0.25) is 28.9 Å². The smallest absolute Gasteiger partial charge is 0.235 e. The van der Waals surface area contributed by atoms with Crippen molar-refractivity contribution < 1.29 is 44.4 Å². The maximum Gasteiger partial charge on any atom is 0.235 e. The normalized spacial score (nSPS) is 40.3. The van der Waals surface area contributed by atoms with Crippen LogP contribution < -0.4 is 5.73 Å². The molecule has 1 aromatic rings. The predicted octanol–water partition coefficient (Wildman–Crippen LogP) is -2.50. The van der Waals surface area contributed by atoms with E-state index in [0.29, 0.717) is 0 Å². The van der Waals surface area contributed by atoms with Gasteiger partial charge in [0.2, 0.25) is 5.91 Å². The number of primary amides is 1. The maximum atomic E-state index is 13.7. The molecule has 176 valence electrons. The summed E-state index contributed by atoms with van der Waals surface area (Å²) in [6.07, 6.45) is -1.90. The van der Waals surface area contributed by atoms with E-state index < -0.39 is 81.8 Å². The van der Waals surface area contributed by atoms with E-state index in [4.69, 9.17) is 5.73 Å². The van der Waals surface area contributed by atoms with E-state index >= 15 is 0 Å². The number of hydrogen-bond donors (Lipinski definition) is 5. The molecule has 0 heterocycles. The Kier molecular flexibility index (Phi) is 4.92. The van der Waals surface area contributed by atoms with Crippen LogP contribution in [0.4, 0.5) is 0 Å². The van der Waals surface area contributed by atoms with Crippen LogP contribution >= 0.6 is 0 Å². The van der Waals surface area contributed by atoms with Crippen molar-refractivity contribution in [3.05, 3.63) is 29.3 Å². The number of phenolic OH excluding ortho intramolecular Hbond substituents is 1. The van der Waals surface area contributed by atoms with Gasteiger partial charge in [0.15, 0.2) is 34.7 Å². The van der Waals surface area contributed by atoms with E-state index in [2.05, 4.69) is 0 Å². The molecule has 1 aromatic carbocycles. The number of aliphatic hydroxyl groups is 3. The van der Waals surface area contributed by atoms with Crippen LogP contribution in [0.3, 0.4) is 0 Å². The van der Waals surface area contributed by atoms with Crippen LogP contribution in [0, 0.1) is 23.7 Å². The third kappa shape index (κ3) is 2.67. The van der Waals surface area contributed by atoms with Crippen LogP contribution in [0.1, 0.15) is 22.8 Å². The molecule has 3 aliphatic carbocycles. The molecule has 0 aliphatic heterocycles. The molecule has 0 saturated heterocycles. The summed E-state index contributed by atoms with van der Waals surface area (Å²) in [5.41, 5.74) is -0.350. The zero-order valence-electron chi connectivity index (χ0n) is 18.1. The molecule has 8 atom stereocenters. The zero-order chi connectivity index (χ0) is 24.8. The van der Waals surface area contributed by atoms with Gasteiger partial charge in [0.1, 0.15) is 5.75 Å². The molecule has 11 nitrogen and oxygen atoms in total. The fourth-order valence-electron chi connectivity index (χ4n) is 5.97. The van der Waals surface area contributed by atoms with E-state index in [1.54, 1.807) is 0 Å². The number of phenols is 1. The first kappa shape index (κ1) is 23.2. The minimum Gasteiger partial charge on any atom is -0.507 e. The Hall–Kier alpha value is -2.99. The van der Waals surface area contributed by atoms with Gasteiger partial charge in [-0.05, 0) is 32.6 Å². The van der Waals surface area contributed by atoms with Crippen LogP contribution in [0.25, 0.3) is 0 Å². The highest BCUT2D eigenvalue weighted by Crippen LogP contribution is 2.55. The van der Waals surface area contributed by atoms with Crippen LogP contribution in [0.2, 0.25) is 0 Å². The lowest BCUT2D eigenvalue weighted by Crippen LogP contribution is -2.78. The second kappa shape index (κ2) is 7.00. The number of likely N-dealkylation sites (N-methyl/N-ethyl adjacent to an activating group) is 1. The number of rotatable bonds is 2. The SMILES string of the molecule is CN(C)C1C(=O)C(C(N)=O)C(=O)[C@@]2(O)C(=O)C3C(=O)c4c(O)cccc4[C@](C)(O)C3C(O)C12. The summed E-state index contributed by atoms with van der Waals surface area (Å²) >= 11 is 0. The summed E-state index contributed by atoms with van der Waals surface area (Å²) in [7, 11) is 2.77. The van der Waals surface area contributed by atoms with Crippen LogP contribution in [-0.2, 0) is 24.8 Å². The zero-order valence-corrected chi connectivity index (χ0v) is 18.1. The third-order valence-electron chi connectivity index (χ3n) is 7.40. The molecular weight excluding hydrogens is 436 g/mol. The Bertz CT molecular complexity index is 1130. The van der Waals surface area contributed by atoms with E-state index in [1.807, 2.05) is 0 Å². The minimum absolute atomic E-state index is 0.0454. The van der Waals surface area contributed by atoms with Gasteiger partial charge >= 0.3 is 0 Å². The topological polar surface area (TPSA) is 196 Å². The Morgan fingerprint density at radius 1 is 1.06 bits per heavy atom. The number of ketones is 4. The highest BCUT2D eigenvalue weighted by Gasteiger charge is 2.74. The van der Waals surface area contributed by atoms with Crippen molar-refractivity contribution >= 4 is 29.0 Å². The van der Waals surface area contributed by atoms with Gasteiger partial charge in [-0.25, -0.2) is 0 Å². The van der Waals surface area contributed by atoms with E-state index in [-0.39, 0.29) is 11.1 Å². The monoisotopic (exact) mass is 460 g/mol. The summed E-state index contributed by atoms with van der Waals surface area (Å²) in [6.45, 7) is 1.24. The van der Waals surface area contributed by atoms with Crippen molar-refractivity contribution in [1.29, 1.82) is 0 Å². The number of Topliss-reactive ketones (excluding diaryl/α,β-unsaturated/α-hetero) is 4. The van der Waals surface area contributed by atoms with Crippen molar-refractivity contribution in [2.24, 2.45) is 29.4 Å². The fourth-order valence-corrected chi connectivity index (χ4v) is 5.97. The number of aromatic hydroxyl groups is 1. The summed E-state index contributed by atoms with van der Waals surface area (Å²) in [4.78, 5) is 66.4. The molecule has 4 rings (SSSR count). The van der Waals surface area contributed by atoms with Gasteiger partial charge in [0.05, 0.1) is 35.1 Å². The summed E-state index contributed by atoms with van der Waals surface area (Å²) < 4.78 is 0. The molecule has 6 N–H and O–H groups in total. The average molecular weight is 460 g/mol. The van der Waals surface area contributed by atoms with Crippen LogP contribution in [0.5, 0.6) is 5.75 Å². The number of hydrogen-bond acceptors (Lipinski definition) is 10. The quantitative estimate of drug-likeness (QED) is 0.294. The summed E-state index contributed by atoms with van der Waals surface area (Å²) in [6, 6.07) is 2.40. The Labute approximate surface area is 187 Å². The molecule has 0 radical (unpaired) electrons. The van der Waals surface area contributed by atoms with Crippen molar-refractivity contribution in [3.63, 3.8) is 0 Å². The van der Waals surface area contributed by atoms with Crippen molar-refractivity contribution in [1.82, 2.24) is 4.90 Å². The number of nitrogens with zero attached hydrogens (tertiary/aromatic N) is 1. The minimum atomic E-state index is -3.10. The molecule has 2 saturated carbocycles. The van der Waals surface area contributed by atoms with Crippen LogP contribution in [0.15, 0.2) is 18.2 Å². The molecular formula is C22H24N2O9. The number of nitrogens with two attached hydrogens (primary N) is 1. The van der Waals surface area contributed by atoms with E-state index in [9.17, 15) is 44.4 Å². The van der Waals surface area contributed by atoms with Crippen molar-refractivity contribution in [2.75, 3.05) is 14.1 Å². The fraction of sp³-hybridized carbons (Fsp3) is 0.500. The van der Waals surface area contributed by atoms with Crippen LogP contribution in [-0.4, -0.2) is 86.2 Å². The molecule has 11 heteroatoms. The Morgan fingerprint density at radius 2 is 1.67 bits per heavy atom. The number of carbonyl (C=O) groups excluding carboxylic acids is 5. The molecule has 0 spiro atoms. The Balaban J connectivity index is 2.01. The second-order valence-corrected chi connectivity index (χ2v) is 9.37. The maximum absolute atomic E-state index is 13.7. The van der Waals surface area contributed by atoms with Gasteiger partial charge in [0.25, 0.3) is 0 Å². The highest BCUT2D eigenvalue weighted by atomic mass is 16.3. The van der Waals surface area contributed by atoms with Gasteiger partial charge in [-0.15, -0.1) is 0 Å². The summed E-state index contributed by atoms with van der Waals surface area (Å²) in [5.74, 6) is -14.2. The molecule has 3 aliphatic rings. The number of aliphatic hydroxyl groups excluding tert-OH is 1. The first-order valence-corrected chi connectivity index (χ1v) is 10.3. The number of amides is 1. The van der Waals surface area contributed by atoms with Crippen molar-refractivity contribution in [2.45, 2.75) is 30.3 Å². The van der Waals surface area contributed by atoms with Gasteiger partial charge < -0.3 is 26.2 Å². The van der Waals surface area contributed by atoms with E-state index in [0.717, 1.165) is 0 Å². The van der Waals surface area contributed by atoms with E-state index in [1.165, 1.54) is 44.1 Å². The number of fused-ring (bicyclic) bond motifs is 3. The highest BCUT2D eigenvalue weighted by molar-refractivity contribution is 6.32. The van der Waals surface area contributed by atoms with Gasteiger partial charge in [0, 0.05) is 5.92 Å². The molecule has 6 unspecified atom stereocenters. The van der Waals surface area contributed by atoms with Gasteiger partial charge in [-0.2, -0.15) is 0 Å². The molecule has 2 fully saturated rings. The lowest BCUT2D eigenvalue weighted by atomic mass is 9.48. The number of benzene rings is 1. The lowest BCUT2D eigenvalue weighted by Gasteiger charge is -2.57. The number of carbonyl (C=O) groups is 5. The molecule has 0 aromatic heterocycles. The molecule has 1 amide bonds. The third-order valence-corrected chi connectivity index (χ3v) is 7.40. The van der Waals surface area contributed by atoms with Gasteiger partial charge in [-0.1, -0.05) is 12.1 Å². The standard InChI is InChI=1S/C22H24N2O9/c1-21(32)7-5-4-6-8(25)9(7)15(26)10-12(21)17(28)13-14(24(2)3)16(27)11(20(23)31)19(30)22(13,33)18(10)29/h4-6,10-14,17,25,28,32-33H,1-3H3,(H2,23,31)/t10?,11?,12?,13?,14?,17?,21-,22-/m0/s1. The Morgan fingerprint density at radius 3 is 2.21 bits per heavy atom.